The van der Waals surface area contributed by atoms with Gasteiger partial charge in [-0.1, -0.05) is 18.2 Å². The van der Waals surface area contributed by atoms with Crippen molar-refractivity contribution in [2.75, 3.05) is 24.8 Å². The summed E-state index contributed by atoms with van der Waals surface area (Å²) in [5, 5.41) is 2.54. The van der Waals surface area contributed by atoms with E-state index in [1.165, 1.54) is 12.1 Å². The third kappa shape index (κ3) is 5.53. The molecule has 1 heterocycles. The fourth-order valence-electron chi connectivity index (χ4n) is 2.59. The molecule has 2 rings (SSSR count). The molecule has 0 spiro atoms. The molecule has 0 atom stereocenters. The maximum absolute atomic E-state index is 14.7. The molecular formula is C21H26FN3O3. The predicted octanol–water partition coefficient (Wildman–Crippen LogP) is 4.25. The molecule has 2 aromatic rings. The third-order valence-corrected chi connectivity index (χ3v) is 4.09. The average molecular weight is 387 g/mol. The van der Waals surface area contributed by atoms with Gasteiger partial charge in [-0.2, -0.15) is 0 Å². The Morgan fingerprint density at radius 1 is 1.39 bits per heavy atom. The van der Waals surface area contributed by atoms with E-state index in [-0.39, 0.29) is 22.8 Å². The van der Waals surface area contributed by atoms with Crippen molar-refractivity contribution < 1.29 is 18.7 Å². The Kier molecular flexibility index (Phi) is 7.95. The highest BCUT2D eigenvalue weighted by molar-refractivity contribution is 6.07. The summed E-state index contributed by atoms with van der Waals surface area (Å²) >= 11 is 0. The molecule has 1 amide bonds. The second kappa shape index (κ2) is 10.4. The van der Waals surface area contributed by atoms with E-state index in [0.717, 1.165) is 18.4 Å². The first-order valence-electron chi connectivity index (χ1n) is 9.06. The van der Waals surface area contributed by atoms with Gasteiger partial charge in [-0.05, 0) is 50.5 Å². The fourth-order valence-corrected chi connectivity index (χ4v) is 2.59. The van der Waals surface area contributed by atoms with Crippen molar-refractivity contribution in [2.24, 2.45) is 0 Å². The maximum Gasteiger partial charge on any atom is 0.259 e. The van der Waals surface area contributed by atoms with Crippen LogP contribution < -0.4 is 15.8 Å². The van der Waals surface area contributed by atoms with Gasteiger partial charge in [0.15, 0.2) is 11.6 Å². The van der Waals surface area contributed by atoms with Crippen molar-refractivity contribution in [3.63, 3.8) is 0 Å². The van der Waals surface area contributed by atoms with Gasteiger partial charge in [0.1, 0.15) is 5.82 Å². The van der Waals surface area contributed by atoms with E-state index < -0.39 is 11.7 Å². The number of nitrogens with one attached hydrogen (secondary N) is 1. The molecular weight excluding hydrogens is 361 g/mol. The number of halogens is 1. The van der Waals surface area contributed by atoms with Gasteiger partial charge in [-0.25, -0.2) is 9.37 Å². The second-order valence-corrected chi connectivity index (χ2v) is 6.25. The number of methoxy groups -OCH3 is 1. The molecule has 0 radical (unpaired) electrons. The predicted molar refractivity (Wildman–Crippen MR) is 108 cm³/mol. The molecule has 1 aromatic heterocycles. The van der Waals surface area contributed by atoms with E-state index in [2.05, 4.69) is 10.3 Å². The van der Waals surface area contributed by atoms with Crippen LogP contribution in [0.5, 0.6) is 5.75 Å². The van der Waals surface area contributed by atoms with Gasteiger partial charge in [0.05, 0.1) is 30.2 Å². The largest absolute Gasteiger partial charge is 0.490 e. The number of nitrogens with two attached hydrogens (primary N) is 1. The van der Waals surface area contributed by atoms with Gasteiger partial charge in [0, 0.05) is 7.11 Å². The SMILES string of the molecule is CC=CCCCOc1cccc(NC(=O)c2cc(C)c(COC)nc2N)c1F. The molecule has 28 heavy (non-hydrogen) atoms. The minimum atomic E-state index is -0.624. The molecule has 0 fully saturated rings. The van der Waals surface area contributed by atoms with Gasteiger partial charge in [-0.15, -0.1) is 0 Å². The van der Waals surface area contributed by atoms with E-state index in [1.54, 1.807) is 26.2 Å². The van der Waals surface area contributed by atoms with Crippen molar-refractivity contribution in [3.8, 4) is 5.75 Å². The molecule has 0 saturated carbocycles. The molecule has 7 heteroatoms. The number of pyridine rings is 1. The van der Waals surface area contributed by atoms with Gasteiger partial charge in [-0.3, -0.25) is 4.79 Å². The zero-order valence-corrected chi connectivity index (χ0v) is 16.4. The summed E-state index contributed by atoms with van der Waals surface area (Å²) < 4.78 is 25.2. The molecule has 3 N–H and O–H groups in total. The molecule has 0 saturated heterocycles. The van der Waals surface area contributed by atoms with Crippen LogP contribution in [0, 0.1) is 12.7 Å². The van der Waals surface area contributed by atoms with Crippen LogP contribution in [0.3, 0.4) is 0 Å². The standard InChI is InChI=1S/C21H26FN3O3/c1-4-5-6-7-11-28-18-10-8-9-16(19(18)22)25-21(26)15-12-14(2)17(13-27-3)24-20(15)23/h4-5,8-10,12H,6-7,11,13H2,1-3H3,(H2,23,24)(H,25,26). The van der Waals surface area contributed by atoms with E-state index in [9.17, 15) is 9.18 Å². The topological polar surface area (TPSA) is 86.5 Å². The van der Waals surface area contributed by atoms with Gasteiger partial charge in [0.25, 0.3) is 5.91 Å². The van der Waals surface area contributed by atoms with E-state index in [0.29, 0.717) is 18.9 Å². The smallest absolute Gasteiger partial charge is 0.259 e. The molecule has 6 nitrogen and oxygen atoms in total. The van der Waals surface area contributed by atoms with E-state index in [1.807, 2.05) is 19.1 Å². The van der Waals surface area contributed by atoms with Crippen LogP contribution in [0.25, 0.3) is 0 Å². The Hall–Kier alpha value is -2.93. The number of aromatic nitrogens is 1. The minimum absolute atomic E-state index is 0.0222. The van der Waals surface area contributed by atoms with Crippen molar-refractivity contribution in [3.05, 3.63) is 59.1 Å². The summed E-state index contributed by atoms with van der Waals surface area (Å²) in [5.41, 5.74) is 7.51. The number of rotatable bonds is 9. The number of amides is 1. The Bertz CT molecular complexity index is 853. The maximum atomic E-state index is 14.7. The number of carbonyl (C=O) groups is 1. The van der Waals surface area contributed by atoms with Crippen LogP contribution in [0.2, 0.25) is 0 Å². The summed E-state index contributed by atoms with van der Waals surface area (Å²) in [6.45, 7) is 4.43. The first-order chi connectivity index (χ1) is 13.5. The monoisotopic (exact) mass is 387 g/mol. The zero-order valence-electron chi connectivity index (χ0n) is 16.4. The van der Waals surface area contributed by atoms with Crippen molar-refractivity contribution in [1.29, 1.82) is 0 Å². The fraction of sp³-hybridized carbons (Fsp3) is 0.333. The van der Waals surface area contributed by atoms with Crippen LogP contribution >= 0.6 is 0 Å². The lowest BCUT2D eigenvalue weighted by atomic mass is 10.1. The van der Waals surface area contributed by atoms with Crippen LogP contribution in [-0.4, -0.2) is 24.6 Å². The molecule has 1 aromatic carbocycles. The molecule has 150 valence electrons. The van der Waals surface area contributed by atoms with Gasteiger partial charge in [0.2, 0.25) is 0 Å². The lowest BCUT2D eigenvalue weighted by molar-refractivity contribution is 0.102. The number of allylic oxidation sites excluding steroid dienone is 2. The molecule has 0 aliphatic rings. The normalized spacial score (nSPS) is 11.0. The number of hydrogen-bond acceptors (Lipinski definition) is 5. The molecule has 0 bridgehead atoms. The Morgan fingerprint density at radius 2 is 2.18 bits per heavy atom. The Balaban J connectivity index is 2.12. The first-order valence-corrected chi connectivity index (χ1v) is 9.06. The molecule has 0 aliphatic carbocycles. The number of benzene rings is 1. The van der Waals surface area contributed by atoms with E-state index in [4.69, 9.17) is 15.2 Å². The summed E-state index contributed by atoms with van der Waals surface area (Å²) in [4.78, 5) is 16.8. The number of nitrogen functional groups attached to an aromatic ring is 1. The number of carbonyl (C=O) groups excluding carboxylic acids is 1. The summed E-state index contributed by atoms with van der Waals surface area (Å²) in [5.74, 6) is -1.01. The van der Waals surface area contributed by atoms with Crippen molar-refractivity contribution >= 4 is 17.4 Å². The number of anilines is 2. The highest BCUT2D eigenvalue weighted by Gasteiger charge is 2.17. The lowest BCUT2D eigenvalue weighted by Gasteiger charge is -2.13. The van der Waals surface area contributed by atoms with Crippen LogP contribution in [0.1, 0.15) is 41.4 Å². The summed E-state index contributed by atoms with van der Waals surface area (Å²) in [6.07, 6.45) is 5.62. The first kappa shape index (κ1) is 21.4. The third-order valence-electron chi connectivity index (χ3n) is 4.09. The quantitative estimate of drug-likeness (QED) is 0.496. The Labute approximate surface area is 164 Å². The zero-order chi connectivity index (χ0) is 20.5. The van der Waals surface area contributed by atoms with Crippen molar-refractivity contribution in [2.45, 2.75) is 33.3 Å². The summed E-state index contributed by atoms with van der Waals surface area (Å²) in [6, 6.07) is 6.23. The van der Waals surface area contributed by atoms with Crippen LogP contribution in [0.15, 0.2) is 36.4 Å². The Morgan fingerprint density at radius 3 is 2.89 bits per heavy atom. The number of unbranched alkanes of at least 4 members (excludes halogenated alkanes) is 1. The van der Waals surface area contributed by atoms with Crippen LogP contribution in [-0.2, 0) is 11.3 Å². The highest BCUT2D eigenvalue weighted by atomic mass is 19.1. The molecule has 0 unspecified atom stereocenters. The van der Waals surface area contributed by atoms with Crippen molar-refractivity contribution in [1.82, 2.24) is 4.98 Å². The van der Waals surface area contributed by atoms with Crippen LogP contribution in [0.4, 0.5) is 15.9 Å². The number of nitrogens with zero attached hydrogens (tertiary/aromatic N) is 1. The lowest BCUT2D eigenvalue weighted by Crippen LogP contribution is -2.17. The second-order valence-electron chi connectivity index (χ2n) is 6.25. The average Bonchev–Trinajstić information content (AvgIpc) is 2.67. The molecule has 0 aliphatic heterocycles. The van der Waals surface area contributed by atoms with E-state index >= 15 is 0 Å². The van der Waals surface area contributed by atoms with Gasteiger partial charge < -0.3 is 20.5 Å². The number of aryl methyl sites for hydroxylation is 1. The number of hydrogen-bond donors (Lipinski definition) is 2. The number of ether oxygens (including phenoxy) is 2. The van der Waals surface area contributed by atoms with Gasteiger partial charge >= 0.3 is 0 Å². The highest BCUT2D eigenvalue weighted by Crippen LogP contribution is 2.26. The minimum Gasteiger partial charge on any atom is -0.490 e. The summed E-state index contributed by atoms with van der Waals surface area (Å²) in [7, 11) is 1.55.